The minimum absolute atomic E-state index is 0.731. The highest BCUT2D eigenvalue weighted by molar-refractivity contribution is 7.71. The molecule has 0 aliphatic heterocycles. The van der Waals surface area contributed by atoms with Crippen molar-refractivity contribution >= 4 is 12.2 Å². The summed E-state index contributed by atoms with van der Waals surface area (Å²) in [6.07, 6.45) is 2.61. The van der Waals surface area contributed by atoms with E-state index in [0.29, 0.717) is 0 Å². The van der Waals surface area contributed by atoms with Crippen LogP contribution in [0.15, 0.2) is 30.3 Å². The second-order valence-corrected chi connectivity index (χ2v) is 5.25. The highest BCUT2D eigenvalue weighted by Crippen LogP contribution is 2.39. The second-order valence-electron chi connectivity index (χ2n) is 4.84. The standard InChI is InChI=1S/C14H16N2S/c1-10-4-2-3-5-12(10)9-16-14(17)8-13(15-16)11-6-7-11/h2-5,8,11,15H,6-7,9H2,1H3. The van der Waals surface area contributed by atoms with Gasteiger partial charge in [-0.1, -0.05) is 36.5 Å². The summed E-state index contributed by atoms with van der Waals surface area (Å²) in [7, 11) is 0. The summed E-state index contributed by atoms with van der Waals surface area (Å²) in [4.78, 5) is 0. The number of aromatic nitrogens is 2. The largest absolute Gasteiger partial charge is 0.301 e. The number of nitrogens with one attached hydrogen (secondary N) is 1. The molecule has 17 heavy (non-hydrogen) atoms. The monoisotopic (exact) mass is 244 g/mol. The van der Waals surface area contributed by atoms with Crippen molar-refractivity contribution in [2.45, 2.75) is 32.2 Å². The minimum Gasteiger partial charge on any atom is -0.301 e. The van der Waals surface area contributed by atoms with Crippen LogP contribution in [0.3, 0.4) is 0 Å². The van der Waals surface area contributed by atoms with E-state index in [9.17, 15) is 0 Å². The maximum Gasteiger partial charge on any atom is 0.122 e. The van der Waals surface area contributed by atoms with Crippen molar-refractivity contribution in [3.05, 3.63) is 51.8 Å². The molecule has 88 valence electrons. The van der Waals surface area contributed by atoms with Crippen LogP contribution in [0.2, 0.25) is 0 Å². The summed E-state index contributed by atoms with van der Waals surface area (Å²) in [6, 6.07) is 10.6. The molecule has 1 aliphatic rings. The van der Waals surface area contributed by atoms with E-state index in [2.05, 4.69) is 47.0 Å². The van der Waals surface area contributed by atoms with Gasteiger partial charge in [-0.2, -0.15) is 0 Å². The van der Waals surface area contributed by atoms with E-state index in [4.69, 9.17) is 12.2 Å². The summed E-state index contributed by atoms with van der Waals surface area (Å²) in [5.41, 5.74) is 3.95. The van der Waals surface area contributed by atoms with Gasteiger partial charge in [-0.25, -0.2) is 0 Å². The molecule has 1 aliphatic carbocycles. The second kappa shape index (κ2) is 4.15. The number of hydrogen-bond donors (Lipinski definition) is 1. The van der Waals surface area contributed by atoms with Gasteiger partial charge < -0.3 is 5.10 Å². The predicted octanol–water partition coefficient (Wildman–Crippen LogP) is 3.78. The van der Waals surface area contributed by atoms with E-state index in [-0.39, 0.29) is 0 Å². The van der Waals surface area contributed by atoms with Crippen molar-refractivity contribution in [1.82, 2.24) is 9.78 Å². The van der Waals surface area contributed by atoms with E-state index in [1.807, 2.05) is 0 Å². The maximum atomic E-state index is 5.39. The van der Waals surface area contributed by atoms with Crippen LogP contribution in [-0.4, -0.2) is 9.78 Å². The summed E-state index contributed by atoms with van der Waals surface area (Å²) in [5.74, 6) is 0.731. The van der Waals surface area contributed by atoms with Crippen LogP contribution in [0.25, 0.3) is 0 Å². The number of aryl methyl sites for hydroxylation is 1. The lowest BCUT2D eigenvalue weighted by molar-refractivity contribution is 0.662. The molecule has 2 aromatic rings. The average molecular weight is 244 g/mol. The Bertz CT molecular complexity index is 590. The SMILES string of the molecule is Cc1ccccc1Cn1[nH]c(C2CC2)cc1=S. The predicted molar refractivity (Wildman–Crippen MR) is 71.9 cm³/mol. The molecule has 1 aromatic carbocycles. The zero-order valence-electron chi connectivity index (χ0n) is 9.94. The van der Waals surface area contributed by atoms with Crippen molar-refractivity contribution < 1.29 is 0 Å². The van der Waals surface area contributed by atoms with Gasteiger partial charge in [-0.05, 0) is 37.0 Å². The van der Waals surface area contributed by atoms with Crippen LogP contribution in [-0.2, 0) is 6.54 Å². The van der Waals surface area contributed by atoms with Gasteiger partial charge in [-0.15, -0.1) is 0 Å². The molecule has 1 N–H and O–H groups in total. The lowest BCUT2D eigenvalue weighted by Crippen LogP contribution is -2.03. The van der Waals surface area contributed by atoms with Gasteiger partial charge in [-0.3, -0.25) is 4.68 Å². The van der Waals surface area contributed by atoms with Gasteiger partial charge >= 0.3 is 0 Å². The first-order chi connectivity index (χ1) is 8.24. The molecule has 0 saturated heterocycles. The Labute approximate surface area is 106 Å². The van der Waals surface area contributed by atoms with Crippen molar-refractivity contribution in [2.75, 3.05) is 0 Å². The van der Waals surface area contributed by atoms with Crippen molar-refractivity contribution in [3.63, 3.8) is 0 Å². The lowest BCUT2D eigenvalue weighted by Gasteiger charge is -2.06. The number of benzene rings is 1. The fourth-order valence-corrected chi connectivity index (χ4v) is 2.37. The highest BCUT2D eigenvalue weighted by atomic mass is 32.1. The van der Waals surface area contributed by atoms with E-state index in [0.717, 1.165) is 17.1 Å². The lowest BCUT2D eigenvalue weighted by atomic mass is 10.1. The number of H-pyrrole nitrogens is 1. The van der Waals surface area contributed by atoms with Crippen molar-refractivity contribution in [3.8, 4) is 0 Å². The van der Waals surface area contributed by atoms with E-state index in [1.165, 1.54) is 29.7 Å². The Balaban J connectivity index is 1.90. The summed E-state index contributed by atoms with van der Waals surface area (Å²) in [5, 5.41) is 3.43. The van der Waals surface area contributed by atoms with Crippen LogP contribution in [0.4, 0.5) is 0 Å². The zero-order valence-corrected chi connectivity index (χ0v) is 10.8. The minimum atomic E-state index is 0.731. The molecule has 1 heterocycles. The molecule has 0 amide bonds. The third-order valence-electron chi connectivity index (χ3n) is 3.42. The molecule has 1 saturated carbocycles. The molecular weight excluding hydrogens is 228 g/mol. The first kappa shape index (κ1) is 10.8. The Kier molecular flexibility index (Phi) is 2.63. The highest BCUT2D eigenvalue weighted by Gasteiger charge is 2.25. The number of rotatable bonds is 3. The van der Waals surface area contributed by atoms with Crippen LogP contribution in [0.1, 0.15) is 35.6 Å². The molecular formula is C14H16N2S. The average Bonchev–Trinajstić information content (AvgIpc) is 3.09. The van der Waals surface area contributed by atoms with Gasteiger partial charge in [0.15, 0.2) is 0 Å². The Hall–Kier alpha value is -1.35. The molecule has 3 rings (SSSR count). The van der Waals surface area contributed by atoms with E-state index < -0.39 is 0 Å². The molecule has 0 spiro atoms. The maximum absolute atomic E-state index is 5.39. The van der Waals surface area contributed by atoms with Gasteiger partial charge in [0, 0.05) is 11.6 Å². The molecule has 0 atom stereocenters. The van der Waals surface area contributed by atoms with Gasteiger partial charge in [0.05, 0.1) is 6.54 Å². The first-order valence-corrected chi connectivity index (χ1v) is 6.49. The van der Waals surface area contributed by atoms with E-state index >= 15 is 0 Å². The smallest absolute Gasteiger partial charge is 0.122 e. The van der Waals surface area contributed by atoms with Gasteiger partial charge in [0.1, 0.15) is 4.64 Å². The summed E-state index contributed by atoms with van der Waals surface area (Å²) >= 11 is 5.39. The summed E-state index contributed by atoms with van der Waals surface area (Å²) < 4.78 is 2.99. The van der Waals surface area contributed by atoms with Crippen molar-refractivity contribution in [1.29, 1.82) is 0 Å². The quantitative estimate of drug-likeness (QED) is 0.815. The topological polar surface area (TPSA) is 20.7 Å². The Morgan fingerprint density at radius 3 is 2.82 bits per heavy atom. The molecule has 2 nitrogen and oxygen atoms in total. The molecule has 0 bridgehead atoms. The first-order valence-electron chi connectivity index (χ1n) is 6.08. The van der Waals surface area contributed by atoms with Gasteiger partial charge in [0.2, 0.25) is 0 Å². The van der Waals surface area contributed by atoms with E-state index in [1.54, 1.807) is 0 Å². The fraction of sp³-hybridized carbons (Fsp3) is 0.357. The van der Waals surface area contributed by atoms with Gasteiger partial charge in [0.25, 0.3) is 0 Å². The van der Waals surface area contributed by atoms with Crippen LogP contribution in [0.5, 0.6) is 0 Å². The molecule has 3 heteroatoms. The number of aromatic amines is 1. The van der Waals surface area contributed by atoms with Crippen LogP contribution in [0, 0.1) is 11.6 Å². The third-order valence-corrected chi connectivity index (χ3v) is 3.75. The van der Waals surface area contributed by atoms with Crippen molar-refractivity contribution in [2.24, 2.45) is 0 Å². The normalized spacial score (nSPS) is 15.1. The molecule has 0 radical (unpaired) electrons. The van der Waals surface area contributed by atoms with Crippen LogP contribution >= 0.6 is 12.2 Å². The number of hydrogen-bond acceptors (Lipinski definition) is 1. The zero-order chi connectivity index (χ0) is 11.8. The molecule has 1 fully saturated rings. The molecule has 1 aromatic heterocycles. The molecule has 0 unspecified atom stereocenters. The van der Waals surface area contributed by atoms with Crippen LogP contribution < -0.4 is 0 Å². The summed E-state index contributed by atoms with van der Waals surface area (Å²) in [6.45, 7) is 2.99. The Morgan fingerprint density at radius 1 is 1.35 bits per heavy atom. The fourth-order valence-electron chi connectivity index (χ4n) is 2.13. The third kappa shape index (κ3) is 2.20. The number of nitrogens with zero attached hydrogens (tertiary/aromatic N) is 1. The Morgan fingerprint density at radius 2 is 2.12 bits per heavy atom.